The van der Waals surface area contributed by atoms with Crippen LogP contribution in [-0.4, -0.2) is 23.3 Å². The molecular formula is C19H16Cl2N4O. The molecule has 0 aliphatic rings. The molecule has 132 valence electrons. The second-order valence-corrected chi connectivity index (χ2v) is 6.31. The Bertz CT molecular complexity index is 946. The van der Waals surface area contributed by atoms with Crippen molar-refractivity contribution < 1.29 is 4.74 Å². The van der Waals surface area contributed by atoms with Crippen molar-refractivity contribution in [3.8, 4) is 17.0 Å². The number of hydrogen-bond acceptors (Lipinski definition) is 5. The van der Waals surface area contributed by atoms with Crippen LogP contribution in [0.25, 0.3) is 11.3 Å². The molecule has 2 aromatic carbocycles. The van der Waals surface area contributed by atoms with Gasteiger partial charge in [0.05, 0.1) is 24.0 Å². The number of aromatic nitrogens is 2. The van der Waals surface area contributed by atoms with Crippen LogP contribution < -0.4 is 10.2 Å². The summed E-state index contributed by atoms with van der Waals surface area (Å²) in [4.78, 5) is 8.84. The monoisotopic (exact) mass is 386 g/mol. The van der Waals surface area contributed by atoms with Crippen LogP contribution in [0.4, 0.5) is 5.95 Å². The van der Waals surface area contributed by atoms with Gasteiger partial charge in [-0.25, -0.2) is 15.4 Å². The Balaban J connectivity index is 1.85. The summed E-state index contributed by atoms with van der Waals surface area (Å²) in [5.74, 6) is 0.893. The average molecular weight is 387 g/mol. The van der Waals surface area contributed by atoms with Crippen LogP contribution in [0.15, 0.2) is 53.6 Å². The van der Waals surface area contributed by atoms with Gasteiger partial charge in [-0.1, -0.05) is 53.5 Å². The van der Waals surface area contributed by atoms with E-state index in [1.54, 1.807) is 18.3 Å². The van der Waals surface area contributed by atoms with Crippen LogP contribution in [0.1, 0.15) is 11.3 Å². The number of hydrazone groups is 1. The number of ether oxygens (including phenoxy) is 1. The first-order valence-corrected chi connectivity index (χ1v) is 8.55. The number of rotatable bonds is 5. The van der Waals surface area contributed by atoms with Crippen LogP contribution in [0, 0.1) is 6.92 Å². The summed E-state index contributed by atoms with van der Waals surface area (Å²) in [6.45, 7) is 1.91. The molecule has 1 heterocycles. The molecule has 0 atom stereocenters. The van der Waals surface area contributed by atoms with Crippen LogP contribution in [0.5, 0.6) is 5.75 Å². The van der Waals surface area contributed by atoms with Crippen molar-refractivity contribution in [2.24, 2.45) is 5.10 Å². The SMILES string of the molecule is COc1c(Cl)cc(Cl)cc1/C=N\Nc1nc(C)cc(-c2ccccc2)n1. The van der Waals surface area contributed by atoms with Crippen molar-refractivity contribution in [2.45, 2.75) is 6.92 Å². The van der Waals surface area contributed by atoms with E-state index < -0.39 is 0 Å². The summed E-state index contributed by atoms with van der Waals surface area (Å²) in [6, 6.07) is 15.1. The fourth-order valence-corrected chi connectivity index (χ4v) is 3.01. The molecule has 3 rings (SSSR count). The molecule has 0 aliphatic heterocycles. The first kappa shape index (κ1) is 18.2. The largest absolute Gasteiger partial charge is 0.495 e. The first-order chi connectivity index (χ1) is 12.6. The van der Waals surface area contributed by atoms with Gasteiger partial charge in [0.25, 0.3) is 0 Å². The topological polar surface area (TPSA) is 59.4 Å². The zero-order chi connectivity index (χ0) is 18.5. The van der Waals surface area contributed by atoms with Crippen molar-refractivity contribution >= 4 is 35.4 Å². The molecule has 0 aliphatic carbocycles. The standard InChI is InChI=1S/C19H16Cl2N4O/c1-12-8-17(13-6-4-3-5-7-13)24-19(23-12)25-22-11-14-9-15(20)10-16(21)18(14)26-2/h3-11H,1-2H3,(H,23,24,25)/b22-11-. The zero-order valence-electron chi connectivity index (χ0n) is 14.2. The molecule has 0 bridgehead atoms. The number of methoxy groups -OCH3 is 1. The molecule has 0 unspecified atom stereocenters. The lowest BCUT2D eigenvalue weighted by Crippen LogP contribution is -2.00. The number of halogens is 2. The Morgan fingerprint density at radius 3 is 2.58 bits per heavy atom. The van der Waals surface area contributed by atoms with Crippen molar-refractivity contribution in [1.29, 1.82) is 0 Å². The van der Waals surface area contributed by atoms with Crippen LogP contribution >= 0.6 is 23.2 Å². The van der Waals surface area contributed by atoms with Crippen LogP contribution in [0.2, 0.25) is 10.0 Å². The third kappa shape index (κ3) is 4.31. The van der Waals surface area contributed by atoms with Gasteiger partial charge in [-0.15, -0.1) is 0 Å². The Morgan fingerprint density at radius 2 is 1.85 bits per heavy atom. The number of anilines is 1. The van der Waals surface area contributed by atoms with Gasteiger partial charge in [0, 0.05) is 21.8 Å². The molecule has 26 heavy (non-hydrogen) atoms. The Kier molecular flexibility index (Phi) is 5.71. The molecule has 0 saturated heterocycles. The van der Waals surface area contributed by atoms with Gasteiger partial charge in [-0.2, -0.15) is 5.10 Å². The van der Waals surface area contributed by atoms with E-state index in [4.69, 9.17) is 27.9 Å². The minimum Gasteiger partial charge on any atom is -0.495 e. The smallest absolute Gasteiger partial charge is 0.244 e. The quantitative estimate of drug-likeness (QED) is 0.482. The molecule has 1 aromatic heterocycles. The van der Waals surface area contributed by atoms with Gasteiger partial charge in [0.15, 0.2) is 0 Å². The highest BCUT2D eigenvalue weighted by Gasteiger charge is 2.08. The van der Waals surface area contributed by atoms with E-state index in [9.17, 15) is 0 Å². The van der Waals surface area contributed by atoms with E-state index in [2.05, 4.69) is 20.5 Å². The molecule has 0 spiro atoms. The Morgan fingerprint density at radius 1 is 1.08 bits per heavy atom. The molecule has 5 nitrogen and oxygen atoms in total. The Hall–Kier alpha value is -2.63. The van der Waals surface area contributed by atoms with E-state index in [0.717, 1.165) is 17.0 Å². The maximum Gasteiger partial charge on any atom is 0.244 e. The third-order valence-electron chi connectivity index (χ3n) is 3.53. The summed E-state index contributed by atoms with van der Waals surface area (Å²) in [6.07, 6.45) is 1.56. The molecule has 0 saturated carbocycles. The van der Waals surface area contributed by atoms with Crippen LogP contribution in [0.3, 0.4) is 0 Å². The maximum atomic E-state index is 6.12. The lowest BCUT2D eigenvalue weighted by Gasteiger charge is -2.08. The number of benzene rings is 2. The van der Waals surface area contributed by atoms with Gasteiger partial charge in [0.2, 0.25) is 5.95 Å². The third-order valence-corrected chi connectivity index (χ3v) is 4.03. The van der Waals surface area contributed by atoms with Crippen molar-refractivity contribution in [3.63, 3.8) is 0 Å². The molecule has 7 heteroatoms. The minimum absolute atomic E-state index is 0.396. The average Bonchev–Trinajstić information content (AvgIpc) is 2.62. The second-order valence-electron chi connectivity index (χ2n) is 5.46. The summed E-state index contributed by atoms with van der Waals surface area (Å²) in [5, 5.41) is 5.09. The predicted octanol–water partition coefficient (Wildman–Crippen LogP) is 5.21. The van der Waals surface area contributed by atoms with Gasteiger partial charge in [0.1, 0.15) is 5.75 Å². The highest BCUT2D eigenvalue weighted by molar-refractivity contribution is 6.36. The lowest BCUT2D eigenvalue weighted by atomic mass is 10.1. The molecule has 0 radical (unpaired) electrons. The fraction of sp³-hybridized carbons (Fsp3) is 0.105. The number of nitrogens with one attached hydrogen (secondary N) is 1. The van der Waals surface area contributed by atoms with Gasteiger partial charge in [-0.3, -0.25) is 0 Å². The minimum atomic E-state index is 0.396. The van der Waals surface area contributed by atoms with E-state index in [1.165, 1.54) is 7.11 Å². The fourth-order valence-electron chi connectivity index (χ4n) is 2.43. The second kappa shape index (κ2) is 8.17. The number of hydrogen-bond donors (Lipinski definition) is 1. The highest BCUT2D eigenvalue weighted by atomic mass is 35.5. The number of nitrogens with zero attached hydrogens (tertiary/aromatic N) is 3. The van der Waals surface area contributed by atoms with Crippen molar-refractivity contribution in [1.82, 2.24) is 9.97 Å². The van der Waals surface area contributed by atoms with Gasteiger partial charge in [-0.05, 0) is 25.1 Å². The number of aryl methyl sites for hydroxylation is 1. The summed E-state index contributed by atoms with van der Waals surface area (Å²) in [7, 11) is 1.54. The zero-order valence-corrected chi connectivity index (χ0v) is 15.7. The molecule has 1 N–H and O–H groups in total. The van der Waals surface area contributed by atoms with Crippen LogP contribution in [-0.2, 0) is 0 Å². The molecule has 3 aromatic rings. The van der Waals surface area contributed by atoms with E-state index in [1.807, 2.05) is 43.3 Å². The van der Waals surface area contributed by atoms with Crippen molar-refractivity contribution in [2.75, 3.05) is 12.5 Å². The molecule has 0 fully saturated rings. The van der Waals surface area contributed by atoms with Gasteiger partial charge >= 0.3 is 0 Å². The maximum absolute atomic E-state index is 6.12. The normalized spacial score (nSPS) is 10.9. The summed E-state index contributed by atoms with van der Waals surface area (Å²) >= 11 is 12.2. The van der Waals surface area contributed by atoms with Crippen molar-refractivity contribution in [3.05, 3.63) is 69.8 Å². The molecule has 0 amide bonds. The lowest BCUT2D eigenvalue weighted by molar-refractivity contribution is 0.414. The predicted molar refractivity (Wildman–Crippen MR) is 106 cm³/mol. The molecular weight excluding hydrogens is 371 g/mol. The summed E-state index contributed by atoms with van der Waals surface area (Å²) in [5.41, 5.74) is 6.15. The van der Waals surface area contributed by atoms with E-state index >= 15 is 0 Å². The summed E-state index contributed by atoms with van der Waals surface area (Å²) < 4.78 is 5.29. The van der Waals surface area contributed by atoms with E-state index in [-0.39, 0.29) is 0 Å². The van der Waals surface area contributed by atoms with Gasteiger partial charge < -0.3 is 4.74 Å². The Labute approximate surface area is 161 Å². The highest BCUT2D eigenvalue weighted by Crippen LogP contribution is 2.31. The first-order valence-electron chi connectivity index (χ1n) is 7.80. The van der Waals surface area contributed by atoms with E-state index in [0.29, 0.717) is 27.3 Å².